The van der Waals surface area contributed by atoms with E-state index in [2.05, 4.69) is 5.32 Å². The Morgan fingerprint density at radius 2 is 1.46 bits per heavy atom. The van der Waals surface area contributed by atoms with Crippen molar-refractivity contribution in [2.45, 2.75) is 6.54 Å². The highest BCUT2D eigenvalue weighted by Gasteiger charge is 2.11. The Morgan fingerprint density at radius 3 is 2.18 bits per heavy atom. The minimum atomic E-state index is -0.584. The first-order chi connectivity index (χ1) is 13.6. The predicted octanol–water partition coefficient (Wildman–Crippen LogP) is 4.61. The Kier molecular flexibility index (Phi) is 6.65. The molecule has 142 valence electrons. The van der Waals surface area contributed by atoms with E-state index in [1.165, 1.54) is 0 Å². The summed E-state index contributed by atoms with van der Waals surface area (Å²) >= 11 is 6.03. The fraction of sp³-hybridized carbons (Fsp3) is 0.0909. The summed E-state index contributed by atoms with van der Waals surface area (Å²) in [6, 6.07) is 23.0. The molecule has 6 heteroatoms. The molecule has 0 aliphatic carbocycles. The lowest BCUT2D eigenvalue weighted by Crippen LogP contribution is -2.28. The van der Waals surface area contributed by atoms with E-state index >= 15 is 0 Å². The molecule has 0 saturated heterocycles. The van der Waals surface area contributed by atoms with E-state index in [1.807, 2.05) is 48.5 Å². The Labute approximate surface area is 167 Å². The zero-order chi connectivity index (χ0) is 19.8. The van der Waals surface area contributed by atoms with Gasteiger partial charge in [0.15, 0.2) is 6.61 Å². The molecule has 0 bridgehead atoms. The van der Waals surface area contributed by atoms with Gasteiger partial charge in [-0.1, -0.05) is 48.0 Å². The molecule has 0 aliphatic rings. The molecular formula is C22H18ClNO4. The number of benzene rings is 3. The lowest BCUT2D eigenvalue weighted by Gasteiger charge is -2.09. The van der Waals surface area contributed by atoms with Crippen molar-refractivity contribution in [3.63, 3.8) is 0 Å². The van der Waals surface area contributed by atoms with Crippen molar-refractivity contribution >= 4 is 23.5 Å². The van der Waals surface area contributed by atoms with Gasteiger partial charge < -0.3 is 14.8 Å². The van der Waals surface area contributed by atoms with Gasteiger partial charge in [0.25, 0.3) is 5.91 Å². The number of nitrogens with one attached hydrogen (secondary N) is 1. The maximum absolute atomic E-state index is 12.1. The third kappa shape index (κ3) is 5.59. The molecule has 1 N–H and O–H groups in total. The summed E-state index contributed by atoms with van der Waals surface area (Å²) < 4.78 is 10.7. The molecule has 0 heterocycles. The lowest BCUT2D eigenvalue weighted by atomic mass is 10.2. The second-order valence-corrected chi connectivity index (χ2v) is 6.29. The van der Waals surface area contributed by atoms with Crippen LogP contribution >= 0.6 is 11.6 Å². The van der Waals surface area contributed by atoms with Gasteiger partial charge in [-0.25, -0.2) is 4.79 Å². The molecule has 0 aromatic heterocycles. The maximum Gasteiger partial charge on any atom is 0.338 e. The molecule has 3 rings (SSSR count). The highest BCUT2D eigenvalue weighted by molar-refractivity contribution is 6.31. The topological polar surface area (TPSA) is 64.6 Å². The minimum absolute atomic E-state index is 0.265. The molecule has 0 fully saturated rings. The highest BCUT2D eigenvalue weighted by Crippen LogP contribution is 2.21. The lowest BCUT2D eigenvalue weighted by molar-refractivity contribution is -0.124. The highest BCUT2D eigenvalue weighted by atomic mass is 35.5. The summed E-state index contributed by atoms with van der Waals surface area (Å²) in [6.07, 6.45) is 0. The standard InChI is InChI=1S/C22H18ClNO4/c23-20-9-5-4-6-17(20)14-24-21(25)15-27-22(26)16-10-12-19(13-11-16)28-18-7-2-1-3-8-18/h1-13H,14-15H2,(H,24,25). The molecule has 0 unspecified atom stereocenters. The number of hydrogen-bond donors (Lipinski definition) is 1. The van der Waals surface area contributed by atoms with E-state index in [0.29, 0.717) is 22.1 Å². The largest absolute Gasteiger partial charge is 0.457 e. The van der Waals surface area contributed by atoms with Crippen LogP contribution in [-0.2, 0) is 16.1 Å². The van der Waals surface area contributed by atoms with Crippen LogP contribution in [0.15, 0.2) is 78.9 Å². The molecule has 0 atom stereocenters. The van der Waals surface area contributed by atoms with Crippen LogP contribution in [0.2, 0.25) is 5.02 Å². The third-order valence-electron chi connectivity index (χ3n) is 3.84. The number of halogens is 1. The summed E-state index contributed by atoms with van der Waals surface area (Å²) in [7, 11) is 0. The third-order valence-corrected chi connectivity index (χ3v) is 4.21. The molecular weight excluding hydrogens is 378 g/mol. The Hall–Kier alpha value is -3.31. The molecule has 0 aliphatic heterocycles. The Bertz CT molecular complexity index is 942. The zero-order valence-electron chi connectivity index (χ0n) is 14.9. The Balaban J connectivity index is 1.46. The number of carbonyl (C=O) groups excluding carboxylic acids is 2. The fourth-order valence-electron chi connectivity index (χ4n) is 2.38. The molecule has 5 nitrogen and oxygen atoms in total. The second-order valence-electron chi connectivity index (χ2n) is 5.88. The number of hydrogen-bond acceptors (Lipinski definition) is 4. The summed E-state index contributed by atoms with van der Waals surface area (Å²) in [6.45, 7) is -0.104. The van der Waals surface area contributed by atoms with Crippen molar-refractivity contribution in [1.82, 2.24) is 5.32 Å². The second kappa shape index (κ2) is 9.58. The summed E-state index contributed by atoms with van der Waals surface area (Å²) in [4.78, 5) is 24.0. The van der Waals surface area contributed by atoms with Crippen molar-refractivity contribution in [2.75, 3.05) is 6.61 Å². The van der Waals surface area contributed by atoms with Crippen molar-refractivity contribution in [3.05, 3.63) is 95.0 Å². The summed E-state index contributed by atoms with van der Waals surface area (Å²) in [5.74, 6) is 0.310. The first kappa shape index (κ1) is 19.5. The van der Waals surface area contributed by atoms with Gasteiger partial charge in [-0.05, 0) is 48.0 Å². The van der Waals surface area contributed by atoms with Crippen molar-refractivity contribution < 1.29 is 19.1 Å². The first-order valence-corrected chi connectivity index (χ1v) is 9.00. The van der Waals surface area contributed by atoms with Crippen LogP contribution in [0, 0.1) is 0 Å². The fourth-order valence-corrected chi connectivity index (χ4v) is 2.59. The molecule has 3 aromatic carbocycles. The smallest absolute Gasteiger partial charge is 0.338 e. The van der Waals surface area contributed by atoms with E-state index in [1.54, 1.807) is 30.3 Å². The minimum Gasteiger partial charge on any atom is -0.457 e. The Morgan fingerprint density at radius 1 is 0.821 bits per heavy atom. The quantitative estimate of drug-likeness (QED) is 0.593. The predicted molar refractivity (Wildman–Crippen MR) is 107 cm³/mol. The molecule has 0 saturated carbocycles. The van der Waals surface area contributed by atoms with Gasteiger partial charge in [-0.2, -0.15) is 0 Å². The summed E-state index contributed by atoms with van der Waals surface area (Å²) in [5.41, 5.74) is 1.12. The van der Waals surface area contributed by atoms with Crippen LogP contribution in [0.1, 0.15) is 15.9 Å². The van der Waals surface area contributed by atoms with Crippen LogP contribution in [-0.4, -0.2) is 18.5 Å². The van der Waals surface area contributed by atoms with Gasteiger partial charge >= 0.3 is 5.97 Å². The van der Waals surface area contributed by atoms with E-state index in [0.717, 1.165) is 5.56 Å². The van der Waals surface area contributed by atoms with Gasteiger partial charge in [0.2, 0.25) is 0 Å². The molecule has 0 radical (unpaired) electrons. The van der Waals surface area contributed by atoms with E-state index in [9.17, 15) is 9.59 Å². The summed E-state index contributed by atoms with van der Waals surface area (Å²) in [5, 5.41) is 3.23. The van der Waals surface area contributed by atoms with Crippen LogP contribution in [0.5, 0.6) is 11.5 Å². The van der Waals surface area contributed by atoms with E-state index in [-0.39, 0.29) is 13.2 Å². The average molecular weight is 396 g/mol. The normalized spacial score (nSPS) is 10.2. The molecule has 28 heavy (non-hydrogen) atoms. The maximum atomic E-state index is 12.1. The number of ether oxygens (including phenoxy) is 2. The zero-order valence-corrected chi connectivity index (χ0v) is 15.7. The van der Waals surface area contributed by atoms with Crippen molar-refractivity contribution in [2.24, 2.45) is 0 Å². The number of esters is 1. The molecule has 3 aromatic rings. The number of rotatable bonds is 7. The van der Waals surface area contributed by atoms with Crippen molar-refractivity contribution in [3.8, 4) is 11.5 Å². The average Bonchev–Trinajstić information content (AvgIpc) is 2.73. The van der Waals surface area contributed by atoms with E-state index in [4.69, 9.17) is 21.1 Å². The van der Waals surface area contributed by atoms with Gasteiger partial charge in [0.1, 0.15) is 11.5 Å². The van der Waals surface area contributed by atoms with Crippen LogP contribution in [0.4, 0.5) is 0 Å². The first-order valence-electron chi connectivity index (χ1n) is 8.62. The SMILES string of the molecule is O=C(COC(=O)c1ccc(Oc2ccccc2)cc1)NCc1ccccc1Cl. The van der Waals surface area contributed by atoms with Gasteiger partial charge in [0, 0.05) is 11.6 Å². The van der Waals surface area contributed by atoms with Gasteiger partial charge in [-0.15, -0.1) is 0 Å². The monoisotopic (exact) mass is 395 g/mol. The number of carbonyl (C=O) groups is 2. The van der Waals surface area contributed by atoms with Gasteiger partial charge in [0.05, 0.1) is 5.56 Å². The van der Waals surface area contributed by atoms with Gasteiger partial charge in [-0.3, -0.25) is 4.79 Å². The number of amides is 1. The van der Waals surface area contributed by atoms with Crippen LogP contribution < -0.4 is 10.1 Å². The molecule has 1 amide bonds. The number of para-hydroxylation sites is 1. The van der Waals surface area contributed by atoms with E-state index < -0.39 is 11.9 Å². The van der Waals surface area contributed by atoms with Crippen molar-refractivity contribution in [1.29, 1.82) is 0 Å². The molecule has 0 spiro atoms. The van der Waals surface area contributed by atoms with Crippen LogP contribution in [0.25, 0.3) is 0 Å². The van der Waals surface area contributed by atoms with Crippen LogP contribution in [0.3, 0.4) is 0 Å².